The highest BCUT2D eigenvalue weighted by Crippen LogP contribution is 2.31. The van der Waals surface area contributed by atoms with Crippen molar-refractivity contribution in [3.63, 3.8) is 0 Å². The van der Waals surface area contributed by atoms with Gasteiger partial charge in [0.2, 0.25) is 0 Å². The number of halogens is 1. The van der Waals surface area contributed by atoms with Gasteiger partial charge in [-0.25, -0.2) is 4.98 Å². The molecule has 0 aliphatic carbocycles. The smallest absolute Gasteiger partial charge is 0.260 e. The van der Waals surface area contributed by atoms with Crippen molar-refractivity contribution in [3.05, 3.63) is 53.1 Å². The van der Waals surface area contributed by atoms with Crippen LogP contribution in [0.3, 0.4) is 0 Å². The molecule has 0 aliphatic rings. The number of fused-ring (bicyclic) bond motifs is 1. The molecular formula is C22H26ClN3OS2. The molecule has 0 fully saturated rings. The first-order valence-corrected chi connectivity index (χ1v) is 12.1. The van der Waals surface area contributed by atoms with Crippen LogP contribution in [0.15, 0.2) is 47.4 Å². The molecule has 0 aliphatic heterocycles. The number of hydrogen-bond donors (Lipinski definition) is 0. The van der Waals surface area contributed by atoms with E-state index in [1.807, 2.05) is 42.5 Å². The molecule has 0 bridgehead atoms. The second-order valence-electron chi connectivity index (χ2n) is 6.55. The lowest BCUT2D eigenvalue weighted by molar-refractivity contribution is 0.0983. The van der Waals surface area contributed by atoms with E-state index in [0.29, 0.717) is 22.3 Å². The first kappa shape index (κ1) is 22.1. The van der Waals surface area contributed by atoms with Crippen molar-refractivity contribution in [2.75, 3.05) is 36.8 Å². The summed E-state index contributed by atoms with van der Waals surface area (Å²) in [5.41, 5.74) is 1.55. The summed E-state index contributed by atoms with van der Waals surface area (Å²) in [5, 5.41) is 1.39. The molecule has 0 atom stereocenters. The monoisotopic (exact) mass is 447 g/mol. The first-order chi connectivity index (χ1) is 14.0. The fourth-order valence-electron chi connectivity index (χ4n) is 3.08. The second-order valence-corrected chi connectivity index (χ2v) is 9.33. The van der Waals surface area contributed by atoms with Gasteiger partial charge in [0.15, 0.2) is 5.13 Å². The number of carbonyl (C=O) groups is 1. The van der Waals surface area contributed by atoms with E-state index >= 15 is 0 Å². The standard InChI is InChI=1S/C22H26ClN3OS2/c1-4-25(5-2)13-14-26(21(27)16-7-10-18(11-8-16)28-6-3)22-24-19-12-9-17(23)15-20(19)29-22/h7-12,15H,4-6,13-14H2,1-3H3. The molecule has 7 heteroatoms. The van der Waals surface area contributed by atoms with E-state index in [2.05, 4.69) is 25.7 Å². The minimum Gasteiger partial charge on any atom is -0.302 e. The SMILES string of the molecule is CCSc1ccc(C(=O)N(CCN(CC)CC)c2nc3ccc(Cl)cc3s2)cc1. The molecule has 4 nitrogen and oxygen atoms in total. The van der Waals surface area contributed by atoms with Gasteiger partial charge in [-0.1, -0.05) is 43.7 Å². The number of thiazole rings is 1. The van der Waals surface area contributed by atoms with E-state index in [9.17, 15) is 4.79 Å². The summed E-state index contributed by atoms with van der Waals surface area (Å²) in [6.07, 6.45) is 0. The first-order valence-electron chi connectivity index (χ1n) is 9.88. The Morgan fingerprint density at radius 2 is 1.79 bits per heavy atom. The predicted octanol–water partition coefficient (Wildman–Crippen LogP) is 6.05. The molecule has 1 heterocycles. The minimum absolute atomic E-state index is 0.0182. The third-order valence-electron chi connectivity index (χ3n) is 4.76. The summed E-state index contributed by atoms with van der Waals surface area (Å²) >= 11 is 9.41. The minimum atomic E-state index is -0.0182. The molecule has 0 radical (unpaired) electrons. The summed E-state index contributed by atoms with van der Waals surface area (Å²) in [6.45, 7) is 9.71. The number of hydrogen-bond acceptors (Lipinski definition) is 5. The van der Waals surface area contributed by atoms with E-state index in [0.717, 1.165) is 35.6 Å². The van der Waals surface area contributed by atoms with Gasteiger partial charge in [0.05, 0.1) is 10.2 Å². The lowest BCUT2D eigenvalue weighted by Gasteiger charge is -2.24. The molecule has 1 amide bonds. The van der Waals surface area contributed by atoms with Crippen LogP contribution in [0.1, 0.15) is 31.1 Å². The Balaban J connectivity index is 1.91. The van der Waals surface area contributed by atoms with Crippen LogP contribution in [-0.2, 0) is 0 Å². The molecule has 154 valence electrons. The number of aromatic nitrogens is 1. The molecule has 29 heavy (non-hydrogen) atoms. The maximum absolute atomic E-state index is 13.4. The highest BCUT2D eigenvalue weighted by atomic mass is 35.5. The Labute approximate surface area is 185 Å². The Morgan fingerprint density at radius 3 is 2.45 bits per heavy atom. The molecule has 0 saturated heterocycles. The summed E-state index contributed by atoms with van der Waals surface area (Å²) in [7, 11) is 0. The van der Waals surface area contributed by atoms with Gasteiger partial charge in [0.25, 0.3) is 5.91 Å². The van der Waals surface area contributed by atoms with Crippen LogP contribution < -0.4 is 4.90 Å². The van der Waals surface area contributed by atoms with E-state index < -0.39 is 0 Å². The van der Waals surface area contributed by atoms with Gasteiger partial charge >= 0.3 is 0 Å². The number of anilines is 1. The lowest BCUT2D eigenvalue weighted by Crippen LogP contribution is -2.38. The van der Waals surface area contributed by atoms with Crippen LogP contribution in [0.2, 0.25) is 5.02 Å². The molecule has 3 rings (SSSR count). The van der Waals surface area contributed by atoms with Crippen molar-refractivity contribution in [1.82, 2.24) is 9.88 Å². The van der Waals surface area contributed by atoms with Crippen LogP contribution >= 0.6 is 34.7 Å². The largest absolute Gasteiger partial charge is 0.302 e. The second kappa shape index (κ2) is 10.4. The number of thioether (sulfide) groups is 1. The predicted molar refractivity (Wildman–Crippen MR) is 127 cm³/mol. The zero-order valence-corrected chi connectivity index (χ0v) is 19.4. The van der Waals surface area contributed by atoms with Gasteiger partial charge in [-0.05, 0) is 61.3 Å². The lowest BCUT2D eigenvalue weighted by atomic mass is 10.2. The maximum atomic E-state index is 13.4. The number of rotatable bonds is 9. The van der Waals surface area contributed by atoms with Gasteiger partial charge in [-0.3, -0.25) is 9.69 Å². The van der Waals surface area contributed by atoms with E-state index in [1.165, 1.54) is 16.2 Å². The Hall–Kier alpha value is -1.60. The van der Waals surface area contributed by atoms with Crippen LogP contribution in [0, 0.1) is 0 Å². The average molecular weight is 448 g/mol. The van der Waals surface area contributed by atoms with Crippen molar-refractivity contribution < 1.29 is 4.79 Å². The fourth-order valence-corrected chi connectivity index (χ4v) is 5.01. The van der Waals surface area contributed by atoms with E-state index in [-0.39, 0.29) is 5.91 Å². The van der Waals surface area contributed by atoms with Gasteiger partial charge in [-0.2, -0.15) is 0 Å². The summed E-state index contributed by atoms with van der Waals surface area (Å²) in [4.78, 5) is 23.4. The third kappa shape index (κ3) is 5.51. The summed E-state index contributed by atoms with van der Waals surface area (Å²) < 4.78 is 0.989. The van der Waals surface area contributed by atoms with Gasteiger partial charge in [-0.15, -0.1) is 11.8 Å². The molecule has 2 aromatic carbocycles. The number of benzene rings is 2. The quantitative estimate of drug-likeness (QED) is 0.374. The topological polar surface area (TPSA) is 36.4 Å². The Bertz CT molecular complexity index is 954. The van der Waals surface area contributed by atoms with Gasteiger partial charge in [0.1, 0.15) is 0 Å². The third-order valence-corrected chi connectivity index (χ3v) is 6.93. The molecule has 0 saturated carbocycles. The van der Waals surface area contributed by atoms with Crippen molar-refractivity contribution in [3.8, 4) is 0 Å². The van der Waals surface area contributed by atoms with Crippen LogP contribution in [0.25, 0.3) is 10.2 Å². The zero-order valence-electron chi connectivity index (χ0n) is 17.0. The molecule has 1 aromatic heterocycles. The molecule has 3 aromatic rings. The molecule has 0 spiro atoms. The number of likely N-dealkylation sites (N-methyl/N-ethyl adjacent to an activating group) is 1. The van der Waals surface area contributed by atoms with Gasteiger partial charge < -0.3 is 4.90 Å². The van der Waals surface area contributed by atoms with Crippen LogP contribution in [-0.4, -0.2) is 47.7 Å². The highest BCUT2D eigenvalue weighted by Gasteiger charge is 2.22. The van der Waals surface area contributed by atoms with Crippen molar-refractivity contribution in [2.24, 2.45) is 0 Å². The normalized spacial score (nSPS) is 11.3. The Morgan fingerprint density at radius 1 is 1.07 bits per heavy atom. The van der Waals surface area contributed by atoms with Crippen molar-refractivity contribution in [2.45, 2.75) is 25.7 Å². The van der Waals surface area contributed by atoms with Crippen LogP contribution in [0.4, 0.5) is 5.13 Å². The molecule has 0 unspecified atom stereocenters. The fraction of sp³-hybridized carbons (Fsp3) is 0.364. The summed E-state index contributed by atoms with van der Waals surface area (Å²) in [5.74, 6) is 0.993. The van der Waals surface area contributed by atoms with E-state index in [4.69, 9.17) is 16.6 Å². The highest BCUT2D eigenvalue weighted by molar-refractivity contribution is 7.99. The number of nitrogens with zero attached hydrogens (tertiary/aromatic N) is 3. The summed E-state index contributed by atoms with van der Waals surface area (Å²) in [6, 6.07) is 13.5. The van der Waals surface area contributed by atoms with Crippen LogP contribution in [0.5, 0.6) is 0 Å². The van der Waals surface area contributed by atoms with Crippen molar-refractivity contribution >= 4 is 56.0 Å². The number of carbonyl (C=O) groups excluding carboxylic acids is 1. The van der Waals surface area contributed by atoms with E-state index in [1.54, 1.807) is 16.7 Å². The number of amides is 1. The Kier molecular flexibility index (Phi) is 7.95. The molecular weight excluding hydrogens is 422 g/mol. The average Bonchev–Trinajstić information content (AvgIpc) is 3.14. The maximum Gasteiger partial charge on any atom is 0.260 e. The molecule has 0 N–H and O–H groups in total. The van der Waals surface area contributed by atoms with Gasteiger partial charge in [0, 0.05) is 28.6 Å². The zero-order chi connectivity index (χ0) is 20.8. The van der Waals surface area contributed by atoms with Crippen molar-refractivity contribution in [1.29, 1.82) is 0 Å².